The second-order valence-corrected chi connectivity index (χ2v) is 6.75. The summed E-state index contributed by atoms with van der Waals surface area (Å²) in [5.41, 5.74) is 1.97. The first-order chi connectivity index (χ1) is 10.3. The third kappa shape index (κ3) is 4.60. The molecule has 0 spiro atoms. The zero-order valence-electron chi connectivity index (χ0n) is 13.9. The summed E-state index contributed by atoms with van der Waals surface area (Å²) in [4.78, 5) is 5.63. The van der Waals surface area contributed by atoms with Crippen molar-refractivity contribution in [3.8, 4) is 5.75 Å². The topological polar surface area (TPSA) is 60.0 Å². The van der Waals surface area contributed by atoms with Crippen molar-refractivity contribution < 1.29 is 19.4 Å². The molecule has 1 aliphatic heterocycles. The summed E-state index contributed by atoms with van der Waals surface area (Å²) in [7, 11) is 0. The van der Waals surface area contributed by atoms with Crippen molar-refractivity contribution in [2.24, 2.45) is 0 Å². The molecule has 0 bridgehead atoms. The van der Waals surface area contributed by atoms with Crippen LogP contribution in [0.5, 0.6) is 5.75 Å². The van der Waals surface area contributed by atoms with Crippen LogP contribution in [0.4, 0.5) is 5.69 Å². The van der Waals surface area contributed by atoms with Gasteiger partial charge in [0.1, 0.15) is 18.0 Å². The van der Waals surface area contributed by atoms with E-state index in [1.54, 1.807) is 13.8 Å². The Kier molecular flexibility index (Phi) is 5.32. The summed E-state index contributed by atoms with van der Waals surface area (Å²) >= 11 is 0. The molecule has 0 aromatic heterocycles. The van der Waals surface area contributed by atoms with Crippen molar-refractivity contribution in [3.05, 3.63) is 24.3 Å². The summed E-state index contributed by atoms with van der Waals surface area (Å²) in [5.74, 6) is 0.769. The number of rotatable bonds is 7. The summed E-state index contributed by atoms with van der Waals surface area (Å²) in [6.07, 6.45) is 2.36. The van der Waals surface area contributed by atoms with Crippen molar-refractivity contribution in [1.82, 2.24) is 0 Å². The van der Waals surface area contributed by atoms with Crippen LogP contribution in [-0.4, -0.2) is 35.6 Å². The molecule has 0 radical (unpaired) electrons. The van der Waals surface area contributed by atoms with E-state index in [1.165, 1.54) is 0 Å². The Bertz CT molecular complexity index is 476. The van der Waals surface area contributed by atoms with Gasteiger partial charge in [-0.15, -0.1) is 0 Å². The van der Waals surface area contributed by atoms with Crippen LogP contribution in [0, 0.1) is 0 Å². The smallest absolute Gasteiger partial charge is 0.121 e. The van der Waals surface area contributed by atoms with Crippen LogP contribution in [0.15, 0.2) is 24.3 Å². The van der Waals surface area contributed by atoms with E-state index >= 15 is 0 Å². The highest BCUT2D eigenvalue weighted by molar-refractivity contribution is 5.46. The van der Waals surface area contributed by atoms with Crippen LogP contribution < -0.4 is 10.2 Å². The normalized spacial score (nSPS) is 19.2. The van der Waals surface area contributed by atoms with E-state index < -0.39 is 11.2 Å². The summed E-state index contributed by atoms with van der Waals surface area (Å²) in [6, 6.07) is 7.56. The first-order valence-corrected chi connectivity index (χ1v) is 7.79. The zero-order valence-corrected chi connectivity index (χ0v) is 13.9. The van der Waals surface area contributed by atoms with E-state index in [0.717, 1.165) is 30.9 Å². The van der Waals surface area contributed by atoms with E-state index in [9.17, 15) is 5.11 Å². The highest BCUT2D eigenvalue weighted by Gasteiger charge is 2.37. The van der Waals surface area contributed by atoms with E-state index in [-0.39, 0.29) is 6.10 Å². The predicted octanol–water partition coefficient (Wildman–Crippen LogP) is 3.14. The van der Waals surface area contributed by atoms with Gasteiger partial charge >= 0.3 is 0 Å². The molecule has 0 aliphatic carbocycles. The van der Waals surface area contributed by atoms with Gasteiger partial charge in [0.15, 0.2) is 0 Å². The van der Waals surface area contributed by atoms with Crippen LogP contribution in [0.2, 0.25) is 0 Å². The monoisotopic (exact) mass is 309 g/mol. The first-order valence-electron chi connectivity index (χ1n) is 7.79. The second-order valence-electron chi connectivity index (χ2n) is 6.75. The van der Waals surface area contributed by atoms with Gasteiger partial charge in [-0.25, -0.2) is 0 Å². The molecule has 22 heavy (non-hydrogen) atoms. The van der Waals surface area contributed by atoms with Gasteiger partial charge in [0.25, 0.3) is 0 Å². The van der Waals surface area contributed by atoms with Crippen LogP contribution in [-0.2, 0) is 9.57 Å². The fourth-order valence-electron chi connectivity index (χ4n) is 1.93. The molecule has 124 valence electrons. The maximum Gasteiger partial charge on any atom is 0.121 e. The minimum absolute atomic E-state index is 0.196. The quantitative estimate of drug-likeness (QED) is 0.758. The van der Waals surface area contributed by atoms with E-state index in [1.807, 2.05) is 38.1 Å². The van der Waals surface area contributed by atoms with Gasteiger partial charge in [-0.2, -0.15) is 0 Å². The van der Waals surface area contributed by atoms with E-state index in [0.29, 0.717) is 6.61 Å². The lowest BCUT2D eigenvalue weighted by Gasteiger charge is -2.36. The van der Waals surface area contributed by atoms with E-state index in [4.69, 9.17) is 14.3 Å². The highest BCUT2D eigenvalue weighted by atomic mass is 16.7. The molecule has 1 saturated heterocycles. The fraction of sp³-hybridized carbons (Fsp3) is 0.647. The Morgan fingerprint density at radius 3 is 2.73 bits per heavy atom. The molecule has 2 rings (SSSR count). The number of ether oxygens (including phenoxy) is 2. The third-order valence-corrected chi connectivity index (χ3v) is 4.19. The Morgan fingerprint density at radius 2 is 2.09 bits per heavy atom. The summed E-state index contributed by atoms with van der Waals surface area (Å²) in [5, 5.41) is 10.1. The van der Waals surface area contributed by atoms with Gasteiger partial charge in [0.2, 0.25) is 0 Å². The number of nitrogens with one attached hydrogen (secondary N) is 1. The molecule has 1 aromatic carbocycles. The predicted molar refractivity (Wildman–Crippen MR) is 86.0 cm³/mol. The Hall–Kier alpha value is -1.30. The molecule has 1 unspecified atom stereocenters. The van der Waals surface area contributed by atoms with Gasteiger partial charge in [-0.3, -0.25) is 10.3 Å². The van der Waals surface area contributed by atoms with Crippen LogP contribution in [0.25, 0.3) is 0 Å². The van der Waals surface area contributed by atoms with Crippen molar-refractivity contribution >= 4 is 5.69 Å². The molecule has 1 heterocycles. The van der Waals surface area contributed by atoms with Crippen molar-refractivity contribution in [2.75, 3.05) is 18.7 Å². The van der Waals surface area contributed by atoms with Gasteiger partial charge in [-0.05, 0) is 52.7 Å². The number of hydrogen-bond acceptors (Lipinski definition) is 5. The minimum Gasteiger partial charge on any atom is -0.491 e. The van der Waals surface area contributed by atoms with Crippen LogP contribution >= 0.6 is 0 Å². The molecule has 1 atom stereocenters. The minimum atomic E-state index is -0.964. The molecule has 5 nitrogen and oxygen atoms in total. The van der Waals surface area contributed by atoms with Gasteiger partial charge in [-0.1, -0.05) is 6.07 Å². The van der Waals surface area contributed by atoms with Gasteiger partial charge < -0.3 is 14.6 Å². The first kappa shape index (κ1) is 17.1. The fourth-order valence-corrected chi connectivity index (χ4v) is 1.93. The lowest BCUT2D eigenvalue weighted by Crippen LogP contribution is -2.48. The molecule has 1 fully saturated rings. The molecule has 2 N–H and O–H groups in total. The Balaban J connectivity index is 1.88. The van der Waals surface area contributed by atoms with Gasteiger partial charge in [0, 0.05) is 12.7 Å². The van der Waals surface area contributed by atoms with Crippen molar-refractivity contribution in [1.29, 1.82) is 0 Å². The van der Waals surface area contributed by atoms with Gasteiger partial charge in [0.05, 0.1) is 17.4 Å². The van der Waals surface area contributed by atoms with Crippen LogP contribution in [0.1, 0.15) is 40.5 Å². The lowest BCUT2D eigenvalue weighted by atomic mass is 9.90. The number of aliphatic hydroxyl groups is 1. The third-order valence-electron chi connectivity index (χ3n) is 4.19. The maximum atomic E-state index is 10.1. The molecule has 0 saturated carbocycles. The maximum absolute atomic E-state index is 10.1. The average Bonchev–Trinajstić information content (AvgIpc) is 2.96. The van der Waals surface area contributed by atoms with Crippen molar-refractivity contribution in [2.45, 2.75) is 57.8 Å². The van der Waals surface area contributed by atoms with Crippen LogP contribution in [0.3, 0.4) is 0 Å². The van der Waals surface area contributed by atoms with Crippen molar-refractivity contribution in [3.63, 3.8) is 0 Å². The lowest BCUT2D eigenvalue weighted by molar-refractivity contribution is -0.130. The Labute approximate surface area is 132 Å². The largest absolute Gasteiger partial charge is 0.491 e. The number of benzene rings is 1. The average molecular weight is 309 g/mol. The molecule has 1 aromatic rings. The Morgan fingerprint density at radius 1 is 1.32 bits per heavy atom. The second kappa shape index (κ2) is 6.86. The molecule has 0 amide bonds. The SMILES string of the molecule is CC(C)(O)C(C)(C)ONc1cccc(OCC2CCCO2)c1. The van der Waals surface area contributed by atoms with E-state index in [2.05, 4.69) is 5.48 Å². The molecular formula is C17H27NO4. The summed E-state index contributed by atoms with van der Waals surface area (Å²) in [6.45, 7) is 8.50. The molecular weight excluding hydrogens is 282 g/mol. The number of hydrogen-bond donors (Lipinski definition) is 2. The zero-order chi connectivity index (χ0) is 16.2. The highest BCUT2D eigenvalue weighted by Crippen LogP contribution is 2.26. The summed E-state index contributed by atoms with van der Waals surface area (Å²) < 4.78 is 11.3. The molecule has 1 aliphatic rings. The number of anilines is 1. The standard InChI is InChI=1S/C17H27NO4/c1-16(2,19)17(3,4)22-18-13-7-5-8-14(11-13)21-12-15-9-6-10-20-15/h5,7-8,11,15,18-19H,6,9-10,12H2,1-4H3. The molecule has 5 heteroatoms.